The number of benzene rings is 1. The molecule has 0 bridgehead atoms. The van der Waals surface area contributed by atoms with Crippen LogP contribution in [0.2, 0.25) is 0 Å². The standard InChI is InChI=1S/C17H26FNO2/c1-13(2)11-19-12-14-5-3-7-16(18)17(14)21-10-8-15-6-4-9-20-15/h3,5,7,13,15,19H,4,6,8-12H2,1-2H3. The van der Waals surface area contributed by atoms with Crippen molar-refractivity contribution in [2.75, 3.05) is 19.8 Å². The number of hydrogen-bond donors (Lipinski definition) is 1. The van der Waals surface area contributed by atoms with Crippen molar-refractivity contribution >= 4 is 0 Å². The quantitative estimate of drug-likeness (QED) is 0.796. The number of halogens is 1. The Morgan fingerprint density at radius 2 is 2.29 bits per heavy atom. The Hall–Kier alpha value is -1.13. The van der Waals surface area contributed by atoms with Crippen LogP contribution in [0.5, 0.6) is 5.75 Å². The average molecular weight is 295 g/mol. The molecule has 3 nitrogen and oxygen atoms in total. The first kappa shape index (κ1) is 16.2. The summed E-state index contributed by atoms with van der Waals surface area (Å²) in [5.41, 5.74) is 0.878. The van der Waals surface area contributed by atoms with Gasteiger partial charge in [-0.2, -0.15) is 0 Å². The Bertz CT molecular complexity index is 431. The van der Waals surface area contributed by atoms with Crippen LogP contribution in [0, 0.1) is 11.7 Å². The zero-order valence-electron chi connectivity index (χ0n) is 13.0. The van der Waals surface area contributed by atoms with E-state index in [2.05, 4.69) is 19.2 Å². The van der Waals surface area contributed by atoms with E-state index >= 15 is 0 Å². The highest BCUT2D eigenvalue weighted by Gasteiger charge is 2.16. The minimum Gasteiger partial charge on any atom is -0.490 e. The van der Waals surface area contributed by atoms with E-state index in [1.165, 1.54) is 6.07 Å². The molecule has 0 radical (unpaired) electrons. The van der Waals surface area contributed by atoms with Crippen LogP contribution in [0.15, 0.2) is 18.2 Å². The summed E-state index contributed by atoms with van der Waals surface area (Å²) in [6.45, 7) is 7.18. The van der Waals surface area contributed by atoms with Crippen LogP contribution < -0.4 is 10.1 Å². The molecule has 1 saturated heterocycles. The molecule has 1 aliphatic rings. The van der Waals surface area contributed by atoms with Crippen LogP contribution in [-0.4, -0.2) is 25.9 Å². The third-order valence-corrected chi connectivity index (χ3v) is 3.63. The highest BCUT2D eigenvalue weighted by Crippen LogP contribution is 2.24. The molecule has 1 aromatic rings. The van der Waals surface area contributed by atoms with Gasteiger partial charge in [0.25, 0.3) is 0 Å². The molecule has 0 saturated carbocycles. The molecule has 2 rings (SSSR count). The van der Waals surface area contributed by atoms with Gasteiger partial charge in [0.1, 0.15) is 0 Å². The molecule has 1 N–H and O–H groups in total. The SMILES string of the molecule is CC(C)CNCc1cccc(F)c1OCCC1CCCO1. The average Bonchev–Trinajstić information content (AvgIpc) is 2.94. The summed E-state index contributed by atoms with van der Waals surface area (Å²) in [5.74, 6) is 0.667. The summed E-state index contributed by atoms with van der Waals surface area (Å²) < 4.78 is 25.2. The maximum atomic E-state index is 14.0. The van der Waals surface area contributed by atoms with E-state index in [0.717, 1.165) is 38.0 Å². The maximum absolute atomic E-state index is 14.0. The van der Waals surface area contributed by atoms with Crippen molar-refractivity contribution in [3.05, 3.63) is 29.6 Å². The van der Waals surface area contributed by atoms with Gasteiger partial charge < -0.3 is 14.8 Å². The molecule has 1 aromatic carbocycles. The fraction of sp³-hybridized carbons (Fsp3) is 0.647. The first-order valence-corrected chi connectivity index (χ1v) is 7.89. The molecule has 0 spiro atoms. The number of rotatable bonds is 8. The lowest BCUT2D eigenvalue weighted by Crippen LogP contribution is -2.20. The third kappa shape index (κ3) is 5.29. The Morgan fingerprint density at radius 1 is 1.43 bits per heavy atom. The summed E-state index contributed by atoms with van der Waals surface area (Å²) >= 11 is 0. The fourth-order valence-electron chi connectivity index (χ4n) is 2.51. The largest absolute Gasteiger partial charge is 0.490 e. The zero-order chi connectivity index (χ0) is 15.1. The second kappa shape index (κ2) is 8.35. The van der Waals surface area contributed by atoms with Crippen LogP contribution in [-0.2, 0) is 11.3 Å². The van der Waals surface area contributed by atoms with Gasteiger partial charge in [0.2, 0.25) is 0 Å². The van der Waals surface area contributed by atoms with Gasteiger partial charge in [0, 0.05) is 25.1 Å². The minimum atomic E-state index is -0.286. The highest BCUT2D eigenvalue weighted by molar-refractivity contribution is 5.34. The summed E-state index contributed by atoms with van der Waals surface area (Å²) in [6.07, 6.45) is 3.31. The molecule has 1 aliphatic heterocycles. The lowest BCUT2D eigenvalue weighted by Gasteiger charge is -2.15. The Balaban J connectivity index is 1.86. The maximum Gasteiger partial charge on any atom is 0.165 e. The molecule has 1 fully saturated rings. The Morgan fingerprint density at radius 3 is 3.00 bits per heavy atom. The van der Waals surface area contributed by atoms with Crippen LogP contribution in [0.1, 0.15) is 38.7 Å². The van der Waals surface area contributed by atoms with E-state index in [4.69, 9.17) is 9.47 Å². The van der Waals surface area contributed by atoms with Gasteiger partial charge in [-0.15, -0.1) is 0 Å². The molecule has 0 amide bonds. The predicted octanol–water partition coefficient (Wildman–Crippen LogP) is 3.52. The Kier molecular flexibility index (Phi) is 6.46. The van der Waals surface area contributed by atoms with Crippen molar-refractivity contribution in [2.45, 2.75) is 45.8 Å². The monoisotopic (exact) mass is 295 g/mol. The van der Waals surface area contributed by atoms with E-state index < -0.39 is 0 Å². The molecule has 118 valence electrons. The third-order valence-electron chi connectivity index (χ3n) is 3.63. The van der Waals surface area contributed by atoms with Crippen molar-refractivity contribution in [3.63, 3.8) is 0 Å². The van der Waals surface area contributed by atoms with E-state index in [0.29, 0.717) is 24.8 Å². The molecular formula is C17H26FNO2. The summed E-state index contributed by atoms with van der Waals surface area (Å²) in [4.78, 5) is 0. The molecule has 1 atom stereocenters. The van der Waals surface area contributed by atoms with Gasteiger partial charge in [-0.05, 0) is 31.4 Å². The molecule has 4 heteroatoms. The molecular weight excluding hydrogens is 269 g/mol. The molecule has 1 unspecified atom stereocenters. The topological polar surface area (TPSA) is 30.5 Å². The van der Waals surface area contributed by atoms with Gasteiger partial charge in [0.15, 0.2) is 11.6 Å². The molecule has 0 aromatic heterocycles. The van der Waals surface area contributed by atoms with Gasteiger partial charge in [-0.1, -0.05) is 26.0 Å². The molecule has 0 aliphatic carbocycles. The predicted molar refractivity (Wildman–Crippen MR) is 82.0 cm³/mol. The number of nitrogens with one attached hydrogen (secondary N) is 1. The first-order valence-electron chi connectivity index (χ1n) is 7.89. The summed E-state index contributed by atoms with van der Waals surface area (Å²) in [5, 5.41) is 3.33. The lowest BCUT2D eigenvalue weighted by atomic mass is 10.1. The van der Waals surface area contributed by atoms with E-state index in [1.807, 2.05) is 6.07 Å². The van der Waals surface area contributed by atoms with Crippen LogP contribution in [0.3, 0.4) is 0 Å². The second-order valence-electron chi connectivity index (χ2n) is 6.02. The van der Waals surface area contributed by atoms with E-state index in [9.17, 15) is 4.39 Å². The lowest BCUT2D eigenvalue weighted by molar-refractivity contribution is 0.0895. The highest BCUT2D eigenvalue weighted by atomic mass is 19.1. The van der Waals surface area contributed by atoms with Gasteiger partial charge >= 0.3 is 0 Å². The van der Waals surface area contributed by atoms with Crippen molar-refractivity contribution in [1.82, 2.24) is 5.32 Å². The van der Waals surface area contributed by atoms with Gasteiger partial charge in [-0.25, -0.2) is 4.39 Å². The second-order valence-corrected chi connectivity index (χ2v) is 6.02. The zero-order valence-corrected chi connectivity index (χ0v) is 13.0. The Labute approximate surface area is 126 Å². The molecule has 21 heavy (non-hydrogen) atoms. The van der Waals surface area contributed by atoms with Crippen molar-refractivity contribution in [3.8, 4) is 5.75 Å². The minimum absolute atomic E-state index is 0.277. The van der Waals surface area contributed by atoms with Crippen molar-refractivity contribution in [2.24, 2.45) is 5.92 Å². The smallest absolute Gasteiger partial charge is 0.165 e. The van der Waals surface area contributed by atoms with Gasteiger partial charge in [0.05, 0.1) is 12.7 Å². The van der Waals surface area contributed by atoms with Gasteiger partial charge in [-0.3, -0.25) is 0 Å². The number of hydrogen-bond acceptors (Lipinski definition) is 3. The van der Waals surface area contributed by atoms with Crippen LogP contribution >= 0.6 is 0 Å². The van der Waals surface area contributed by atoms with Crippen LogP contribution in [0.4, 0.5) is 4.39 Å². The summed E-state index contributed by atoms with van der Waals surface area (Å²) in [7, 11) is 0. The van der Waals surface area contributed by atoms with E-state index in [1.54, 1.807) is 6.07 Å². The fourth-order valence-corrected chi connectivity index (χ4v) is 2.51. The molecule has 1 heterocycles. The summed E-state index contributed by atoms with van der Waals surface area (Å²) in [6, 6.07) is 5.10. The number of para-hydroxylation sites is 1. The van der Waals surface area contributed by atoms with Crippen LogP contribution in [0.25, 0.3) is 0 Å². The first-order chi connectivity index (χ1) is 10.2. The number of ether oxygens (including phenoxy) is 2. The van der Waals surface area contributed by atoms with E-state index in [-0.39, 0.29) is 11.9 Å². The van der Waals surface area contributed by atoms with Crippen molar-refractivity contribution in [1.29, 1.82) is 0 Å². The normalized spacial score (nSPS) is 18.4. The van der Waals surface area contributed by atoms with Crippen molar-refractivity contribution < 1.29 is 13.9 Å².